The van der Waals surface area contributed by atoms with Gasteiger partial charge in [0.25, 0.3) is 5.91 Å². The molecule has 1 rings (SSSR count). The Bertz CT molecular complexity index is 703. The van der Waals surface area contributed by atoms with E-state index in [-0.39, 0.29) is 30.8 Å². The van der Waals surface area contributed by atoms with Crippen molar-refractivity contribution < 1.29 is 19.4 Å². The molecule has 1 aromatic carbocycles. The Morgan fingerprint density at radius 2 is 1.93 bits per heavy atom. The summed E-state index contributed by atoms with van der Waals surface area (Å²) >= 11 is 0. The van der Waals surface area contributed by atoms with E-state index in [2.05, 4.69) is 11.7 Å². The van der Waals surface area contributed by atoms with E-state index < -0.39 is 0 Å². The van der Waals surface area contributed by atoms with E-state index in [1.807, 2.05) is 38.1 Å². The number of amides is 2. The summed E-state index contributed by atoms with van der Waals surface area (Å²) in [6.45, 7) is 8.76. The van der Waals surface area contributed by atoms with E-state index in [1.54, 1.807) is 11.9 Å². The first-order valence-corrected chi connectivity index (χ1v) is 9.53. The molecule has 0 bridgehead atoms. The monoisotopic (exact) mass is 404 g/mol. The fourth-order valence-electron chi connectivity index (χ4n) is 2.67. The summed E-state index contributed by atoms with van der Waals surface area (Å²) in [7, 11) is 3.16. The third kappa shape index (κ3) is 7.32. The molecule has 0 spiro atoms. The molecule has 0 aliphatic heterocycles. The summed E-state index contributed by atoms with van der Waals surface area (Å²) in [6.07, 6.45) is 1.02. The van der Waals surface area contributed by atoms with Gasteiger partial charge in [-0.2, -0.15) is 0 Å². The van der Waals surface area contributed by atoms with Crippen LogP contribution in [0.2, 0.25) is 0 Å². The van der Waals surface area contributed by atoms with Crippen LogP contribution in [0.1, 0.15) is 24.5 Å². The van der Waals surface area contributed by atoms with Gasteiger partial charge in [0.15, 0.2) is 5.82 Å². The van der Waals surface area contributed by atoms with Gasteiger partial charge >= 0.3 is 0 Å². The number of hydrogen-bond donors (Lipinski definition) is 1. The molecular formula is C21H32N4O4. The number of aliphatic hydroxyl groups excluding tert-OH is 1. The molecule has 0 saturated carbocycles. The smallest absolute Gasteiger partial charge is 0.273 e. The molecule has 29 heavy (non-hydrogen) atoms. The molecule has 0 aliphatic rings. The Hall–Kier alpha value is -2.71. The topological polar surface area (TPSA) is 85.7 Å². The lowest BCUT2D eigenvalue weighted by atomic mass is 10.1. The van der Waals surface area contributed by atoms with Gasteiger partial charge in [-0.05, 0) is 32.5 Å². The molecule has 0 fully saturated rings. The van der Waals surface area contributed by atoms with Gasteiger partial charge in [0, 0.05) is 40.4 Å². The fraction of sp³-hybridized carbons (Fsp3) is 0.476. The molecule has 2 amide bonds. The zero-order valence-electron chi connectivity index (χ0n) is 17.8. The Labute approximate surface area is 173 Å². The highest BCUT2D eigenvalue weighted by Gasteiger charge is 2.27. The number of aryl methyl sites for hydroxylation is 1. The summed E-state index contributed by atoms with van der Waals surface area (Å²) < 4.78 is 5.60. The highest BCUT2D eigenvalue weighted by atomic mass is 16.5. The van der Waals surface area contributed by atoms with Crippen molar-refractivity contribution >= 4 is 19.0 Å². The van der Waals surface area contributed by atoms with Gasteiger partial charge in [-0.15, -0.1) is 0 Å². The molecule has 1 N–H and O–H groups in total. The second-order valence-corrected chi connectivity index (χ2v) is 6.66. The number of likely N-dealkylation sites (N-methyl/N-ethyl adjacent to an activating group) is 1. The number of benzene rings is 1. The maximum Gasteiger partial charge on any atom is 0.273 e. The summed E-state index contributed by atoms with van der Waals surface area (Å²) in [5.74, 6) is -0.186. The predicted molar refractivity (Wildman–Crippen MR) is 113 cm³/mol. The van der Waals surface area contributed by atoms with Crippen molar-refractivity contribution in [3.8, 4) is 0 Å². The average Bonchev–Trinajstić information content (AvgIpc) is 2.73. The summed E-state index contributed by atoms with van der Waals surface area (Å²) in [4.78, 5) is 33.1. The number of ether oxygens (including phenoxy) is 1. The maximum atomic E-state index is 13.3. The standard InChI is InChI=1S/C21H32N4O4/c1-6-29-16-25(14-18-10-8-17(2)9-11-18)19(20(22-3)24(5)15-27)21(28)23(4)12-7-13-26/h8-11,15,26H,3,6-7,12-14,16H2,1-2,4-5H3/b20-19+. The molecular weight excluding hydrogens is 372 g/mol. The lowest BCUT2D eigenvalue weighted by molar-refractivity contribution is -0.129. The van der Waals surface area contributed by atoms with E-state index in [4.69, 9.17) is 9.84 Å². The largest absolute Gasteiger partial charge is 0.396 e. The van der Waals surface area contributed by atoms with Crippen LogP contribution in [0.3, 0.4) is 0 Å². The molecule has 1 aromatic rings. The van der Waals surface area contributed by atoms with E-state index in [0.29, 0.717) is 32.5 Å². The summed E-state index contributed by atoms with van der Waals surface area (Å²) in [6, 6.07) is 7.96. The molecule has 8 nitrogen and oxygen atoms in total. The SMILES string of the molecule is C=N/C(=C(/C(=O)N(C)CCCO)N(COCC)Cc1ccc(C)cc1)N(C)C=O. The molecule has 0 atom stereocenters. The number of carbonyl (C=O) groups is 2. The van der Waals surface area contributed by atoms with Crippen LogP contribution in [0.5, 0.6) is 0 Å². The highest BCUT2D eigenvalue weighted by Crippen LogP contribution is 2.20. The van der Waals surface area contributed by atoms with Crippen molar-refractivity contribution in [2.75, 3.05) is 40.6 Å². The normalized spacial score (nSPS) is 11.5. The lowest BCUT2D eigenvalue weighted by Gasteiger charge is -2.31. The van der Waals surface area contributed by atoms with Gasteiger partial charge < -0.3 is 24.5 Å². The second kappa shape index (κ2) is 12.7. The number of nitrogens with zero attached hydrogens (tertiary/aromatic N) is 4. The summed E-state index contributed by atoms with van der Waals surface area (Å²) in [5, 5.41) is 9.10. The number of aliphatic imine (C=N–C) groups is 1. The first kappa shape index (κ1) is 24.3. The quantitative estimate of drug-likeness (QED) is 0.234. The van der Waals surface area contributed by atoms with Crippen molar-refractivity contribution in [3.63, 3.8) is 0 Å². The minimum Gasteiger partial charge on any atom is -0.396 e. The fourth-order valence-corrected chi connectivity index (χ4v) is 2.67. The van der Waals surface area contributed by atoms with Gasteiger partial charge in [-0.25, -0.2) is 4.99 Å². The van der Waals surface area contributed by atoms with Crippen LogP contribution in [0, 0.1) is 6.92 Å². The third-order valence-electron chi connectivity index (χ3n) is 4.32. The van der Waals surface area contributed by atoms with Crippen molar-refractivity contribution in [2.45, 2.75) is 26.8 Å². The minimum atomic E-state index is -0.332. The molecule has 0 aromatic heterocycles. The Morgan fingerprint density at radius 1 is 1.28 bits per heavy atom. The Kier molecular flexibility index (Phi) is 10.6. The van der Waals surface area contributed by atoms with E-state index >= 15 is 0 Å². The van der Waals surface area contributed by atoms with Crippen LogP contribution in [0.15, 0.2) is 40.8 Å². The Morgan fingerprint density at radius 3 is 2.45 bits per heavy atom. The molecule has 0 heterocycles. The zero-order chi connectivity index (χ0) is 21.8. The molecule has 160 valence electrons. The van der Waals surface area contributed by atoms with Crippen LogP contribution in [-0.4, -0.2) is 79.4 Å². The molecule has 0 saturated heterocycles. The minimum absolute atomic E-state index is 0.0243. The van der Waals surface area contributed by atoms with Crippen LogP contribution in [-0.2, 0) is 20.9 Å². The van der Waals surface area contributed by atoms with Gasteiger partial charge in [0.05, 0.1) is 0 Å². The number of hydrogen-bond acceptors (Lipinski definition) is 6. The summed E-state index contributed by atoms with van der Waals surface area (Å²) in [5.41, 5.74) is 2.33. The van der Waals surface area contributed by atoms with E-state index in [9.17, 15) is 9.59 Å². The average molecular weight is 405 g/mol. The van der Waals surface area contributed by atoms with Gasteiger partial charge in [0.2, 0.25) is 6.41 Å². The Balaban J connectivity index is 3.42. The van der Waals surface area contributed by atoms with Crippen molar-refractivity contribution in [1.82, 2.24) is 14.7 Å². The van der Waals surface area contributed by atoms with Crippen LogP contribution in [0.4, 0.5) is 0 Å². The van der Waals surface area contributed by atoms with Gasteiger partial charge in [-0.1, -0.05) is 29.8 Å². The van der Waals surface area contributed by atoms with Gasteiger partial charge in [0.1, 0.15) is 12.4 Å². The highest BCUT2D eigenvalue weighted by molar-refractivity contribution is 5.93. The third-order valence-corrected chi connectivity index (χ3v) is 4.32. The van der Waals surface area contributed by atoms with E-state index in [1.165, 1.54) is 16.8 Å². The maximum absolute atomic E-state index is 13.3. The predicted octanol–water partition coefficient (Wildman–Crippen LogP) is 1.59. The van der Waals surface area contributed by atoms with Crippen LogP contribution < -0.4 is 0 Å². The zero-order valence-corrected chi connectivity index (χ0v) is 17.8. The van der Waals surface area contributed by atoms with Crippen LogP contribution >= 0.6 is 0 Å². The van der Waals surface area contributed by atoms with Crippen molar-refractivity contribution in [1.29, 1.82) is 0 Å². The van der Waals surface area contributed by atoms with Crippen molar-refractivity contribution in [3.05, 3.63) is 46.9 Å². The molecule has 0 radical (unpaired) electrons. The molecule has 0 aliphatic carbocycles. The first-order valence-electron chi connectivity index (χ1n) is 9.53. The second-order valence-electron chi connectivity index (χ2n) is 6.66. The van der Waals surface area contributed by atoms with Crippen LogP contribution in [0.25, 0.3) is 0 Å². The molecule has 0 unspecified atom stereocenters. The molecule has 8 heteroatoms. The first-order chi connectivity index (χ1) is 13.9. The van der Waals surface area contributed by atoms with E-state index in [0.717, 1.165) is 11.1 Å². The number of rotatable bonds is 13. The lowest BCUT2D eigenvalue weighted by Crippen LogP contribution is -2.40. The number of carbonyl (C=O) groups excluding carboxylic acids is 2. The van der Waals surface area contributed by atoms with Crippen molar-refractivity contribution in [2.24, 2.45) is 4.99 Å². The van der Waals surface area contributed by atoms with Gasteiger partial charge in [-0.3, -0.25) is 9.59 Å². The number of aliphatic hydroxyl groups is 1.